The fourth-order valence-electron chi connectivity index (χ4n) is 1.84. The molecule has 0 amide bonds. The second kappa shape index (κ2) is 6.01. The standard InChI is InChI=1S/C11H19NO/c1-3-4-5-6-11(12-2)10-7-8-13-9-10/h10-12H,5-9H2,1-2H3. The molecule has 0 aromatic carbocycles. The predicted octanol–water partition coefficient (Wildman–Crippen LogP) is 1.41. The monoisotopic (exact) mass is 181 g/mol. The van der Waals surface area contributed by atoms with Crippen molar-refractivity contribution in [3.8, 4) is 11.8 Å². The second-order valence-corrected chi connectivity index (χ2v) is 3.48. The van der Waals surface area contributed by atoms with Crippen LogP contribution in [-0.2, 0) is 4.74 Å². The molecule has 2 heteroatoms. The van der Waals surface area contributed by atoms with Crippen LogP contribution in [-0.4, -0.2) is 26.3 Å². The SMILES string of the molecule is CC#CCCC(NC)C1CCOC1. The summed E-state index contributed by atoms with van der Waals surface area (Å²) in [5.41, 5.74) is 0. The molecule has 1 heterocycles. The Morgan fingerprint density at radius 2 is 2.46 bits per heavy atom. The molecule has 0 spiro atoms. The van der Waals surface area contributed by atoms with Crippen LogP contribution in [0.1, 0.15) is 26.2 Å². The van der Waals surface area contributed by atoms with Gasteiger partial charge in [-0.2, -0.15) is 0 Å². The summed E-state index contributed by atoms with van der Waals surface area (Å²) in [5, 5.41) is 3.36. The van der Waals surface area contributed by atoms with Crippen molar-refractivity contribution in [1.82, 2.24) is 5.32 Å². The van der Waals surface area contributed by atoms with Crippen LogP contribution in [0.3, 0.4) is 0 Å². The van der Waals surface area contributed by atoms with Gasteiger partial charge in [0.25, 0.3) is 0 Å². The Morgan fingerprint density at radius 3 is 3.00 bits per heavy atom. The minimum absolute atomic E-state index is 0.586. The van der Waals surface area contributed by atoms with Crippen LogP contribution >= 0.6 is 0 Å². The summed E-state index contributed by atoms with van der Waals surface area (Å²) in [6, 6.07) is 0.586. The van der Waals surface area contributed by atoms with E-state index >= 15 is 0 Å². The van der Waals surface area contributed by atoms with Gasteiger partial charge in [0.1, 0.15) is 0 Å². The lowest BCUT2D eigenvalue weighted by molar-refractivity contribution is 0.176. The summed E-state index contributed by atoms with van der Waals surface area (Å²) < 4.78 is 5.37. The molecule has 0 aromatic rings. The molecule has 1 aliphatic rings. The fraction of sp³-hybridized carbons (Fsp3) is 0.818. The van der Waals surface area contributed by atoms with Crippen LogP contribution in [0.5, 0.6) is 0 Å². The molecule has 2 unspecified atom stereocenters. The smallest absolute Gasteiger partial charge is 0.0510 e. The molecule has 0 aliphatic carbocycles. The third kappa shape index (κ3) is 3.38. The first-order valence-corrected chi connectivity index (χ1v) is 5.03. The van der Waals surface area contributed by atoms with E-state index in [0.717, 1.165) is 26.1 Å². The number of nitrogens with one attached hydrogen (secondary N) is 1. The maximum atomic E-state index is 5.37. The number of ether oxygens (including phenoxy) is 1. The Hall–Kier alpha value is -0.520. The summed E-state index contributed by atoms with van der Waals surface area (Å²) in [7, 11) is 2.03. The highest BCUT2D eigenvalue weighted by atomic mass is 16.5. The highest BCUT2D eigenvalue weighted by molar-refractivity contribution is 4.96. The molecule has 2 atom stereocenters. The lowest BCUT2D eigenvalue weighted by atomic mass is 9.95. The van der Waals surface area contributed by atoms with E-state index < -0.39 is 0 Å². The van der Waals surface area contributed by atoms with Crippen molar-refractivity contribution < 1.29 is 4.74 Å². The van der Waals surface area contributed by atoms with Gasteiger partial charge in [-0.05, 0) is 32.7 Å². The van der Waals surface area contributed by atoms with Crippen molar-refractivity contribution in [3.63, 3.8) is 0 Å². The first kappa shape index (κ1) is 10.6. The molecule has 1 fully saturated rings. The van der Waals surface area contributed by atoms with Crippen molar-refractivity contribution in [3.05, 3.63) is 0 Å². The molecule has 0 radical (unpaired) electrons. The summed E-state index contributed by atoms with van der Waals surface area (Å²) in [6.07, 6.45) is 3.34. The van der Waals surface area contributed by atoms with Gasteiger partial charge in [-0.15, -0.1) is 11.8 Å². The normalized spacial score (nSPS) is 23.7. The first-order valence-electron chi connectivity index (χ1n) is 5.03. The van der Waals surface area contributed by atoms with E-state index in [1.807, 2.05) is 14.0 Å². The van der Waals surface area contributed by atoms with Crippen molar-refractivity contribution in [2.24, 2.45) is 5.92 Å². The van der Waals surface area contributed by atoms with E-state index in [9.17, 15) is 0 Å². The molecular formula is C11H19NO. The Labute approximate surface area is 81.0 Å². The molecule has 0 bridgehead atoms. The maximum absolute atomic E-state index is 5.37. The van der Waals surface area contributed by atoms with Crippen molar-refractivity contribution in [2.75, 3.05) is 20.3 Å². The van der Waals surface area contributed by atoms with Crippen molar-refractivity contribution in [1.29, 1.82) is 0 Å². The quantitative estimate of drug-likeness (QED) is 0.662. The van der Waals surface area contributed by atoms with Gasteiger partial charge in [-0.25, -0.2) is 0 Å². The Bertz CT molecular complexity index is 186. The largest absolute Gasteiger partial charge is 0.381 e. The van der Waals surface area contributed by atoms with Gasteiger partial charge < -0.3 is 10.1 Å². The number of rotatable bonds is 4. The average molecular weight is 181 g/mol. The maximum Gasteiger partial charge on any atom is 0.0510 e. The number of hydrogen-bond donors (Lipinski definition) is 1. The summed E-state index contributed by atoms with van der Waals surface area (Å²) in [6.45, 7) is 3.75. The van der Waals surface area contributed by atoms with Crippen LogP contribution in [0.15, 0.2) is 0 Å². The lowest BCUT2D eigenvalue weighted by Crippen LogP contribution is -2.33. The van der Waals surface area contributed by atoms with E-state index in [1.165, 1.54) is 6.42 Å². The van der Waals surface area contributed by atoms with Gasteiger partial charge in [-0.1, -0.05) is 0 Å². The van der Waals surface area contributed by atoms with E-state index in [4.69, 9.17) is 4.74 Å². The molecule has 1 saturated heterocycles. The summed E-state index contributed by atoms with van der Waals surface area (Å²) in [4.78, 5) is 0. The summed E-state index contributed by atoms with van der Waals surface area (Å²) in [5.74, 6) is 6.73. The highest BCUT2D eigenvalue weighted by Gasteiger charge is 2.23. The fourth-order valence-corrected chi connectivity index (χ4v) is 1.84. The van der Waals surface area contributed by atoms with Crippen LogP contribution < -0.4 is 5.32 Å². The van der Waals surface area contributed by atoms with E-state index in [2.05, 4.69) is 17.2 Å². The van der Waals surface area contributed by atoms with Crippen LogP contribution in [0.2, 0.25) is 0 Å². The van der Waals surface area contributed by atoms with Crippen LogP contribution in [0.25, 0.3) is 0 Å². The van der Waals surface area contributed by atoms with Crippen molar-refractivity contribution in [2.45, 2.75) is 32.2 Å². The molecule has 0 saturated carbocycles. The van der Waals surface area contributed by atoms with Gasteiger partial charge in [-0.3, -0.25) is 0 Å². The third-order valence-corrected chi connectivity index (χ3v) is 2.66. The zero-order valence-electron chi connectivity index (χ0n) is 8.60. The van der Waals surface area contributed by atoms with Gasteiger partial charge in [0.05, 0.1) is 6.61 Å². The van der Waals surface area contributed by atoms with E-state index in [-0.39, 0.29) is 0 Å². The molecule has 1 aliphatic heterocycles. The Kier molecular flexibility index (Phi) is 4.88. The molecule has 74 valence electrons. The van der Waals surface area contributed by atoms with Gasteiger partial charge in [0.2, 0.25) is 0 Å². The molecule has 13 heavy (non-hydrogen) atoms. The van der Waals surface area contributed by atoms with Gasteiger partial charge >= 0.3 is 0 Å². The zero-order chi connectivity index (χ0) is 9.52. The molecule has 2 nitrogen and oxygen atoms in total. The average Bonchev–Trinajstić information content (AvgIpc) is 2.65. The molecule has 1 rings (SSSR count). The molecule has 1 N–H and O–H groups in total. The Balaban J connectivity index is 2.27. The lowest BCUT2D eigenvalue weighted by Gasteiger charge is -2.20. The van der Waals surface area contributed by atoms with E-state index in [1.54, 1.807) is 0 Å². The summed E-state index contributed by atoms with van der Waals surface area (Å²) >= 11 is 0. The minimum Gasteiger partial charge on any atom is -0.381 e. The van der Waals surface area contributed by atoms with Crippen LogP contribution in [0, 0.1) is 17.8 Å². The second-order valence-electron chi connectivity index (χ2n) is 3.48. The van der Waals surface area contributed by atoms with Crippen LogP contribution in [0.4, 0.5) is 0 Å². The molecular weight excluding hydrogens is 162 g/mol. The Morgan fingerprint density at radius 1 is 1.62 bits per heavy atom. The third-order valence-electron chi connectivity index (χ3n) is 2.66. The topological polar surface area (TPSA) is 21.3 Å². The predicted molar refractivity (Wildman–Crippen MR) is 54.5 cm³/mol. The van der Waals surface area contributed by atoms with Crippen molar-refractivity contribution >= 4 is 0 Å². The zero-order valence-corrected chi connectivity index (χ0v) is 8.60. The highest BCUT2D eigenvalue weighted by Crippen LogP contribution is 2.19. The number of hydrogen-bond acceptors (Lipinski definition) is 2. The minimum atomic E-state index is 0.586. The van der Waals surface area contributed by atoms with Gasteiger partial charge in [0, 0.05) is 19.1 Å². The van der Waals surface area contributed by atoms with E-state index in [0.29, 0.717) is 12.0 Å². The molecule has 0 aromatic heterocycles. The van der Waals surface area contributed by atoms with Gasteiger partial charge in [0.15, 0.2) is 0 Å². The first-order chi connectivity index (χ1) is 6.38.